The van der Waals surface area contributed by atoms with E-state index in [0.29, 0.717) is 17.7 Å². The fourth-order valence-corrected chi connectivity index (χ4v) is 5.85. The summed E-state index contributed by atoms with van der Waals surface area (Å²) >= 11 is 0. The highest BCUT2D eigenvalue weighted by Gasteiger charge is 2.51. The Morgan fingerprint density at radius 2 is 2.15 bits per heavy atom. The van der Waals surface area contributed by atoms with Gasteiger partial charge in [0.15, 0.2) is 0 Å². The minimum absolute atomic E-state index is 0.0353. The van der Waals surface area contributed by atoms with Crippen molar-refractivity contribution in [1.29, 1.82) is 0 Å². The molecule has 1 aromatic carbocycles. The van der Waals surface area contributed by atoms with Gasteiger partial charge in [-0.1, -0.05) is 25.1 Å². The molecule has 1 fully saturated rings. The van der Waals surface area contributed by atoms with E-state index in [2.05, 4.69) is 41.5 Å². The zero-order chi connectivity index (χ0) is 23.1. The summed E-state index contributed by atoms with van der Waals surface area (Å²) in [6.07, 6.45) is 4.48. The van der Waals surface area contributed by atoms with Gasteiger partial charge in [-0.2, -0.15) is 0 Å². The van der Waals surface area contributed by atoms with Crippen LogP contribution < -0.4 is 15.0 Å². The second kappa shape index (κ2) is 8.92. The van der Waals surface area contributed by atoms with Gasteiger partial charge >= 0.3 is 0 Å². The smallest absolute Gasteiger partial charge is 0.225 e. The monoisotopic (exact) mass is 447 g/mol. The molecule has 3 heterocycles. The standard InChI is InChI=1S/C27H33N3O3/c1-16-26(22-15-20(22)13-21-5-4-6-25(29-21)33-3)23-14-19(18-9-11-28-12-10-18)7-8-24(23)30(17(2)31)27(16)32/h4-9,14,16,20,22,26-28,32H,10-13,15H2,1-3H3/t16?,20?,22?,26-,27-/m0/s1. The molecule has 2 N–H and O–H groups in total. The number of carbonyl (C=O) groups excluding carboxylic acids is 1. The van der Waals surface area contributed by atoms with E-state index >= 15 is 0 Å². The summed E-state index contributed by atoms with van der Waals surface area (Å²) in [6.45, 7) is 5.50. The van der Waals surface area contributed by atoms with E-state index < -0.39 is 6.23 Å². The third kappa shape index (κ3) is 4.18. The van der Waals surface area contributed by atoms with Gasteiger partial charge in [-0.05, 0) is 78.5 Å². The molecule has 33 heavy (non-hydrogen) atoms. The number of hydrogen-bond donors (Lipinski definition) is 2. The number of aliphatic hydroxyl groups is 1. The third-order valence-electron chi connectivity index (χ3n) is 7.62. The lowest BCUT2D eigenvalue weighted by Gasteiger charge is -2.43. The van der Waals surface area contributed by atoms with Crippen molar-refractivity contribution >= 4 is 17.2 Å². The van der Waals surface area contributed by atoms with Gasteiger partial charge in [-0.15, -0.1) is 0 Å². The van der Waals surface area contributed by atoms with Gasteiger partial charge in [0.05, 0.1) is 7.11 Å². The zero-order valence-electron chi connectivity index (χ0n) is 19.6. The topological polar surface area (TPSA) is 74.7 Å². The number of pyridine rings is 1. The molecular formula is C27H33N3O3. The molecule has 1 aliphatic carbocycles. The average molecular weight is 448 g/mol. The largest absolute Gasteiger partial charge is 0.481 e. The van der Waals surface area contributed by atoms with E-state index in [1.807, 2.05) is 18.2 Å². The Morgan fingerprint density at radius 1 is 1.30 bits per heavy atom. The minimum atomic E-state index is -0.805. The van der Waals surface area contributed by atoms with Gasteiger partial charge in [-0.3, -0.25) is 9.69 Å². The highest BCUT2D eigenvalue weighted by atomic mass is 16.5. The third-order valence-corrected chi connectivity index (χ3v) is 7.62. The number of hydrogen-bond acceptors (Lipinski definition) is 5. The summed E-state index contributed by atoms with van der Waals surface area (Å²) < 4.78 is 5.29. The van der Waals surface area contributed by atoms with E-state index in [4.69, 9.17) is 4.74 Å². The van der Waals surface area contributed by atoms with Gasteiger partial charge in [-0.25, -0.2) is 4.98 Å². The van der Waals surface area contributed by atoms with E-state index in [1.165, 1.54) is 23.6 Å². The maximum atomic E-state index is 12.5. The molecule has 0 bridgehead atoms. The maximum absolute atomic E-state index is 12.5. The number of anilines is 1. The number of benzene rings is 1. The van der Waals surface area contributed by atoms with Crippen LogP contribution in [0, 0.1) is 17.8 Å². The van der Waals surface area contributed by atoms with Crippen LogP contribution in [0.2, 0.25) is 0 Å². The predicted molar refractivity (Wildman–Crippen MR) is 129 cm³/mol. The molecule has 6 heteroatoms. The molecule has 5 atom stereocenters. The number of nitrogens with zero attached hydrogens (tertiary/aromatic N) is 2. The summed E-state index contributed by atoms with van der Waals surface area (Å²) in [6, 6.07) is 12.4. The normalized spacial score (nSPS) is 28.7. The summed E-state index contributed by atoms with van der Waals surface area (Å²) in [5, 5.41) is 14.5. The first kappa shape index (κ1) is 22.1. The number of methoxy groups -OCH3 is 1. The lowest BCUT2D eigenvalue weighted by Crippen LogP contribution is -2.49. The number of amides is 1. The van der Waals surface area contributed by atoms with Crippen LogP contribution in [-0.2, 0) is 11.2 Å². The van der Waals surface area contributed by atoms with Crippen LogP contribution in [0.5, 0.6) is 5.88 Å². The van der Waals surface area contributed by atoms with E-state index in [1.54, 1.807) is 12.0 Å². The Hall–Kier alpha value is -2.70. The molecule has 6 nitrogen and oxygen atoms in total. The van der Waals surface area contributed by atoms with Crippen LogP contribution in [0.15, 0.2) is 42.5 Å². The van der Waals surface area contributed by atoms with Gasteiger partial charge in [0.25, 0.3) is 0 Å². The Labute approximate surface area is 195 Å². The molecule has 2 aliphatic heterocycles. The second-order valence-corrected chi connectivity index (χ2v) is 9.68. The van der Waals surface area contributed by atoms with E-state index in [-0.39, 0.29) is 17.7 Å². The number of ether oxygens (including phenoxy) is 1. The summed E-state index contributed by atoms with van der Waals surface area (Å²) in [5.74, 6) is 1.69. The van der Waals surface area contributed by atoms with Crippen molar-refractivity contribution in [2.24, 2.45) is 17.8 Å². The van der Waals surface area contributed by atoms with Crippen LogP contribution >= 0.6 is 0 Å². The quantitative estimate of drug-likeness (QED) is 0.730. The Kier molecular flexibility index (Phi) is 5.97. The number of fused-ring (bicyclic) bond motifs is 1. The number of rotatable bonds is 5. The highest BCUT2D eigenvalue weighted by molar-refractivity contribution is 5.94. The molecule has 174 valence electrons. The van der Waals surface area contributed by atoms with Crippen molar-refractivity contribution in [2.45, 2.75) is 45.3 Å². The van der Waals surface area contributed by atoms with Crippen molar-refractivity contribution < 1.29 is 14.6 Å². The lowest BCUT2D eigenvalue weighted by atomic mass is 9.76. The van der Waals surface area contributed by atoms with Gasteiger partial charge in [0.2, 0.25) is 11.8 Å². The van der Waals surface area contributed by atoms with E-state index in [0.717, 1.165) is 43.7 Å². The molecule has 0 saturated heterocycles. The van der Waals surface area contributed by atoms with Crippen molar-refractivity contribution in [3.8, 4) is 5.88 Å². The minimum Gasteiger partial charge on any atom is -0.481 e. The highest BCUT2D eigenvalue weighted by Crippen LogP contribution is 2.57. The van der Waals surface area contributed by atoms with Crippen LogP contribution in [0.3, 0.4) is 0 Å². The Morgan fingerprint density at radius 3 is 2.88 bits per heavy atom. The first-order valence-corrected chi connectivity index (χ1v) is 12.0. The predicted octanol–water partition coefficient (Wildman–Crippen LogP) is 3.75. The number of aromatic nitrogens is 1. The van der Waals surface area contributed by atoms with Gasteiger partial charge < -0.3 is 15.2 Å². The van der Waals surface area contributed by atoms with E-state index in [9.17, 15) is 9.90 Å². The van der Waals surface area contributed by atoms with Crippen LogP contribution in [-0.4, -0.2) is 42.4 Å². The molecule has 2 aromatic rings. The summed E-state index contributed by atoms with van der Waals surface area (Å²) in [5.41, 5.74) is 5.70. The van der Waals surface area contributed by atoms with Crippen molar-refractivity contribution in [1.82, 2.24) is 10.3 Å². The van der Waals surface area contributed by atoms with Crippen LogP contribution in [0.4, 0.5) is 5.69 Å². The van der Waals surface area contributed by atoms with Crippen molar-refractivity contribution in [3.63, 3.8) is 0 Å². The summed E-state index contributed by atoms with van der Waals surface area (Å²) in [7, 11) is 1.64. The average Bonchev–Trinajstić information content (AvgIpc) is 3.58. The fraction of sp³-hybridized carbons (Fsp3) is 0.481. The molecule has 1 aromatic heterocycles. The van der Waals surface area contributed by atoms with Gasteiger partial charge in [0, 0.05) is 36.8 Å². The molecule has 0 radical (unpaired) electrons. The van der Waals surface area contributed by atoms with Crippen LogP contribution in [0.1, 0.15) is 49.4 Å². The molecule has 0 spiro atoms. The van der Waals surface area contributed by atoms with Crippen LogP contribution in [0.25, 0.3) is 5.57 Å². The fourth-order valence-electron chi connectivity index (χ4n) is 5.85. The Balaban J connectivity index is 1.47. The first-order valence-electron chi connectivity index (χ1n) is 12.0. The SMILES string of the molecule is COc1cccc(CC2CC2[C@H]2c3cc(C4=CCNCC4)ccc3N(C(C)=O)[C@@H](O)C2C)n1. The molecule has 3 unspecified atom stereocenters. The number of aliphatic hydroxyl groups excluding tert-OH is 1. The van der Waals surface area contributed by atoms with Crippen molar-refractivity contribution in [3.05, 3.63) is 59.3 Å². The molecule has 1 saturated carbocycles. The molecular weight excluding hydrogens is 414 g/mol. The lowest BCUT2D eigenvalue weighted by molar-refractivity contribution is -0.119. The maximum Gasteiger partial charge on any atom is 0.225 e. The molecule has 1 amide bonds. The zero-order valence-corrected chi connectivity index (χ0v) is 19.6. The van der Waals surface area contributed by atoms with Crippen molar-refractivity contribution in [2.75, 3.05) is 25.1 Å². The number of nitrogens with one attached hydrogen (secondary N) is 1. The second-order valence-electron chi connectivity index (χ2n) is 9.68. The molecule has 5 rings (SSSR count). The molecule has 3 aliphatic rings. The summed E-state index contributed by atoms with van der Waals surface area (Å²) in [4.78, 5) is 18.7. The number of carbonyl (C=O) groups is 1. The first-order chi connectivity index (χ1) is 16.0. The van der Waals surface area contributed by atoms with Gasteiger partial charge in [0.1, 0.15) is 6.23 Å². The Bertz CT molecular complexity index is 1080.